The van der Waals surface area contributed by atoms with Gasteiger partial charge in [-0.2, -0.15) is 11.3 Å². The van der Waals surface area contributed by atoms with E-state index >= 15 is 0 Å². The SMILES string of the molecule is COc1ccc([C@@H](NC(=O)CCNC(=O)c2ccsc2)c2nccn2C)cc1. The van der Waals surface area contributed by atoms with E-state index < -0.39 is 6.04 Å². The number of hydrogen-bond donors (Lipinski definition) is 2. The third-order valence-corrected chi connectivity index (χ3v) is 4.98. The Morgan fingerprint density at radius 3 is 2.64 bits per heavy atom. The topological polar surface area (TPSA) is 85.2 Å². The van der Waals surface area contributed by atoms with Crippen LogP contribution in [0, 0.1) is 0 Å². The summed E-state index contributed by atoms with van der Waals surface area (Å²) >= 11 is 1.46. The van der Waals surface area contributed by atoms with Crippen molar-refractivity contribution in [1.82, 2.24) is 20.2 Å². The molecular weight excluding hydrogens is 376 g/mol. The van der Waals surface area contributed by atoms with Gasteiger partial charge in [-0.25, -0.2) is 4.98 Å². The number of methoxy groups -OCH3 is 1. The van der Waals surface area contributed by atoms with Crippen molar-refractivity contribution in [2.45, 2.75) is 12.5 Å². The molecule has 0 saturated heterocycles. The van der Waals surface area contributed by atoms with Crippen LogP contribution in [0.1, 0.15) is 34.2 Å². The van der Waals surface area contributed by atoms with Crippen molar-refractivity contribution in [1.29, 1.82) is 0 Å². The highest BCUT2D eigenvalue weighted by Crippen LogP contribution is 2.23. The number of rotatable bonds is 8. The molecule has 0 aliphatic rings. The lowest BCUT2D eigenvalue weighted by atomic mass is 10.1. The average Bonchev–Trinajstić information content (AvgIpc) is 3.38. The Labute approximate surface area is 167 Å². The summed E-state index contributed by atoms with van der Waals surface area (Å²) in [4.78, 5) is 28.8. The maximum Gasteiger partial charge on any atom is 0.252 e. The number of nitrogens with one attached hydrogen (secondary N) is 2. The number of carbonyl (C=O) groups excluding carboxylic acids is 2. The number of benzene rings is 1. The summed E-state index contributed by atoms with van der Waals surface area (Å²) in [6, 6.07) is 8.84. The number of aromatic nitrogens is 2. The molecule has 1 atom stereocenters. The number of thiophene rings is 1. The minimum absolute atomic E-state index is 0.172. The zero-order chi connectivity index (χ0) is 19.9. The van der Waals surface area contributed by atoms with E-state index in [2.05, 4.69) is 15.6 Å². The van der Waals surface area contributed by atoms with Crippen LogP contribution in [-0.2, 0) is 11.8 Å². The van der Waals surface area contributed by atoms with Crippen LogP contribution in [0.3, 0.4) is 0 Å². The van der Waals surface area contributed by atoms with E-state index in [1.807, 2.05) is 47.5 Å². The minimum atomic E-state index is -0.397. The van der Waals surface area contributed by atoms with Gasteiger partial charge in [0, 0.05) is 43.4 Å². The maximum absolute atomic E-state index is 12.5. The van der Waals surface area contributed by atoms with Crippen molar-refractivity contribution in [2.75, 3.05) is 13.7 Å². The molecule has 146 valence electrons. The molecule has 0 bridgehead atoms. The zero-order valence-corrected chi connectivity index (χ0v) is 16.5. The van der Waals surface area contributed by atoms with Crippen LogP contribution in [0.5, 0.6) is 5.75 Å². The third-order valence-electron chi connectivity index (χ3n) is 4.29. The maximum atomic E-state index is 12.5. The molecule has 2 aromatic heterocycles. The summed E-state index contributed by atoms with van der Waals surface area (Å²) in [7, 11) is 3.49. The number of hydrogen-bond acceptors (Lipinski definition) is 5. The fourth-order valence-corrected chi connectivity index (χ4v) is 3.40. The Kier molecular flexibility index (Phi) is 6.44. The molecule has 3 aromatic rings. The number of amides is 2. The second-order valence-electron chi connectivity index (χ2n) is 6.19. The van der Waals surface area contributed by atoms with E-state index in [9.17, 15) is 9.59 Å². The molecule has 0 unspecified atom stereocenters. The van der Waals surface area contributed by atoms with Gasteiger partial charge in [-0.15, -0.1) is 0 Å². The van der Waals surface area contributed by atoms with Gasteiger partial charge in [-0.05, 0) is 29.1 Å². The highest BCUT2D eigenvalue weighted by Gasteiger charge is 2.21. The first-order valence-corrected chi connectivity index (χ1v) is 9.73. The number of carbonyl (C=O) groups is 2. The quantitative estimate of drug-likeness (QED) is 0.611. The molecule has 28 heavy (non-hydrogen) atoms. The Balaban J connectivity index is 1.64. The van der Waals surface area contributed by atoms with Crippen LogP contribution in [0.25, 0.3) is 0 Å². The van der Waals surface area contributed by atoms with Gasteiger partial charge >= 0.3 is 0 Å². The first-order valence-electron chi connectivity index (χ1n) is 8.79. The fourth-order valence-electron chi connectivity index (χ4n) is 2.77. The smallest absolute Gasteiger partial charge is 0.252 e. The van der Waals surface area contributed by atoms with E-state index in [4.69, 9.17) is 4.74 Å². The van der Waals surface area contributed by atoms with Crippen LogP contribution in [0.2, 0.25) is 0 Å². The Hall–Kier alpha value is -3.13. The van der Waals surface area contributed by atoms with Gasteiger partial charge in [0.15, 0.2) is 0 Å². The molecule has 0 spiro atoms. The highest BCUT2D eigenvalue weighted by molar-refractivity contribution is 7.08. The molecule has 2 N–H and O–H groups in total. The van der Waals surface area contributed by atoms with Crippen molar-refractivity contribution in [3.05, 3.63) is 70.4 Å². The molecule has 2 heterocycles. The first-order chi connectivity index (χ1) is 13.6. The number of imidazole rings is 1. The number of aryl methyl sites for hydroxylation is 1. The lowest BCUT2D eigenvalue weighted by Gasteiger charge is -2.19. The molecule has 2 amide bonds. The van der Waals surface area contributed by atoms with Crippen LogP contribution in [0.15, 0.2) is 53.5 Å². The second kappa shape index (κ2) is 9.18. The van der Waals surface area contributed by atoms with Crippen LogP contribution in [0.4, 0.5) is 0 Å². The minimum Gasteiger partial charge on any atom is -0.497 e. The van der Waals surface area contributed by atoms with E-state index in [1.54, 1.807) is 24.8 Å². The van der Waals surface area contributed by atoms with Gasteiger partial charge in [-0.3, -0.25) is 9.59 Å². The fraction of sp³-hybridized carbons (Fsp3) is 0.250. The molecule has 0 aliphatic carbocycles. The summed E-state index contributed by atoms with van der Waals surface area (Å²) in [5, 5.41) is 9.39. The Bertz CT molecular complexity index is 919. The summed E-state index contributed by atoms with van der Waals surface area (Å²) in [6.45, 7) is 0.260. The monoisotopic (exact) mass is 398 g/mol. The van der Waals surface area contributed by atoms with Gasteiger partial charge in [0.2, 0.25) is 5.91 Å². The third kappa shape index (κ3) is 4.77. The van der Waals surface area contributed by atoms with Crippen LogP contribution >= 0.6 is 11.3 Å². The molecule has 0 fully saturated rings. The number of nitrogens with zero attached hydrogens (tertiary/aromatic N) is 2. The molecule has 8 heteroatoms. The largest absolute Gasteiger partial charge is 0.497 e. The highest BCUT2D eigenvalue weighted by atomic mass is 32.1. The molecule has 3 rings (SSSR count). The first kappa shape index (κ1) is 19.6. The second-order valence-corrected chi connectivity index (χ2v) is 6.97. The van der Waals surface area contributed by atoms with Crippen molar-refractivity contribution in [3.8, 4) is 5.75 Å². The molecular formula is C20H22N4O3S. The van der Waals surface area contributed by atoms with E-state index in [0.717, 1.165) is 17.1 Å². The lowest BCUT2D eigenvalue weighted by molar-refractivity contribution is -0.121. The van der Waals surface area contributed by atoms with Gasteiger partial charge in [-0.1, -0.05) is 12.1 Å². The van der Waals surface area contributed by atoms with Crippen LogP contribution in [-0.4, -0.2) is 35.0 Å². The standard InChI is InChI=1S/C20H22N4O3S/c1-24-11-10-21-19(24)18(14-3-5-16(27-2)6-4-14)23-17(25)7-9-22-20(26)15-8-12-28-13-15/h3-6,8,10-13,18H,7,9H2,1-2H3,(H,22,26)(H,23,25)/t18-/m1/s1. The Morgan fingerprint density at radius 2 is 2.04 bits per heavy atom. The molecule has 0 radical (unpaired) electrons. The summed E-state index contributed by atoms with van der Waals surface area (Å²) in [6.07, 6.45) is 3.70. The van der Waals surface area contributed by atoms with Gasteiger partial charge in [0.05, 0.1) is 7.11 Å². The van der Waals surface area contributed by atoms with Crippen molar-refractivity contribution < 1.29 is 14.3 Å². The van der Waals surface area contributed by atoms with E-state index in [0.29, 0.717) is 5.56 Å². The van der Waals surface area contributed by atoms with Gasteiger partial charge in [0.1, 0.15) is 17.6 Å². The average molecular weight is 398 g/mol. The molecule has 7 nitrogen and oxygen atoms in total. The molecule has 0 saturated carbocycles. The lowest BCUT2D eigenvalue weighted by Crippen LogP contribution is -2.34. The van der Waals surface area contributed by atoms with Gasteiger partial charge in [0.25, 0.3) is 5.91 Å². The summed E-state index contributed by atoms with van der Waals surface area (Å²) in [5.74, 6) is 1.12. The predicted octanol–water partition coefficient (Wildman–Crippen LogP) is 2.52. The van der Waals surface area contributed by atoms with Gasteiger partial charge < -0.3 is 19.9 Å². The van der Waals surface area contributed by atoms with E-state index in [1.165, 1.54) is 11.3 Å². The van der Waals surface area contributed by atoms with Crippen molar-refractivity contribution >= 4 is 23.2 Å². The van der Waals surface area contributed by atoms with Crippen LogP contribution < -0.4 is 15.4 Å². The molecule has 1 aromatic carbocycles. The zero-order valence-electron chi connectivity index (χ0n) is 15.7. The van der Waals surface area contributed by atoms with E-state index in [-0.39, 0.29) is 24.8 Å². The van der Waals surface area contributed by atoms with Crippen molar-refractivity contribution in [2.24, 2.45) is 7.05 Å². The normalized spacial score (nSPS) is 11.6. The summed E-state index contributed by atoms with van der Waals surface area (Å²) in [5.41, 5.74) is 1.50. The molecule has 0 aliphatic heterocycles. The van der Waals surface area contributed by atoms with Crippen molar-refractivity contribution in [3.63, 3.8) is 0 Å². The Morgan fingerprint density at radius 1 is 1.25 bits per heavy atom. The predicted molar refractivity (Wildman–Crippen MR) is 107 cm³/mol. The summed E-state index contributed by atoms with van der Waals surface area (Å²) < 4.78 is 7.07. The number of ether oxygens (including phenoxy) is 1.